The van der Waals surface area contributed by atoms with Crippen molar-refractivity contribution in [3.05, 3.63) is 0 Å². The Bertz CT molecular complexity index is 410. The summed E-state index contributed by atoms with van der Waals surface area (Å²) in [5.74, 6) is -1.51. The normalized spacial score (nSPS) is 25.7. The third-order valence-corrected chi connectivity index (χ3v) is 5.76. The molecular formula is C12H24N2O4S. The summed E-state index contributed by atoms with van der Waals surface area (Å²) < 4.78 is 27.5. The Kier molecular flexibility index (Phi) is 5.76. The van der Waals surface area contributed by atoms with Gasteiger partial charge in [-0.25, -0.2) is 0 Å². The highest BCUT2D eigenvalue weighted by molar-refractivity contribution is 7.86. The minimum absolute atomic E-state index is 0.0787. The van der Waals surface area contributed by atoms with Crippen LogP contribution in [0.5, 0.6) is 0 Å². The van der Waals surface area contributed by atoms with Crippen molar-refractivity contribution in [3.63, 3.8) is 0 Å². The van der Waals surface area contributed by atoms with Gasteiger partial charge in [-0.1, -0.05) is 13.3 Å². The molecule has 112 valence electrons. The van der Waals surface area contributed by atoms with Gasteiger partial charge in [0.25, 0.3) is 10.2 Å². The minimum atomic E-state index is -3.55. The van der Waals surface area contributed by atoms with E-state index in [9.17, 15) is 13.2 Å². The Hall–Kier alpha value is -0.660. The van der Waals surface area contributed by atoms with Gasteiger partial charge in [0.15, 0.2) is 0 Å². The van der Waals surface area contributed by atoms with Crippen molar-refractivity contribution < 1.29 is 18.3 Å². The number of piperidine rings is 1. The van der Waals surface area contributed by atoms with Crippen LogP contribution in [0.2, 0.25) is 0 Å². The molecule has 0 aromatic rings. The summed E-state index contributed by atoms with van der Waals surface area (Å²) in [6.45, 7) is 4.39. The zero-order valence-corrected chi connectivity index (χ0v) is 12.7. The first-order chi connectivity index (χ1) is 8.80. The second kappa shape index (κ2) is 6.67. The van der Waals surface area contributed by atoms with E-state index in [2.05, 4.69) is 0 Å². The molecule has 1 rings (SSSR count). The molecule has 2 atom stereocenters. The van der Waals surface area contributed by atoms with Gasteiger partial charge in [0.2, 0.25) is 0 Å². The van der Waals surface area contributed by atoms with E-state index in [0.29, 0.717) is 19.4 Å². The van der Waals surface area contributed by atoms with Gasteiger partial charge in [-0.2, -0.15) is 17.0 Å². The van der Waals surface area contributed by atoms with Gasteiger partial charge >= 0.3 is 5.97 Å². The van der Waals surface area contributed by atoms with E-state index in [-0.39, 0.29) is 12.6 Å². The Morgan fingerprint density at radius 2 is 2.05 bits per heavy atom. The van der Waals surface area contributed by atoms with Crippen molar-refractivity contribution >= 4 is 16.2 Å². The molecule has 1 saturated heterocycles. The Morgan fingerprint density at radius 1 is 1.42 bits per heavy atom. The minimum Gasteiger partial charge on any atom is -0.481 e. The van der Waals surface area contributed by atoms with E-state index in [1.165, 1.54) is 8.61 Å². The van der Waals surface area contributed by atoms with Crippen LogP contribution in [0.3, 0.4) is 0 Å². The largest absolute Gasteiger partial charge is 0.481 e. The van der Waals surface area contributed by atoms with Crippen molar-refractivity contribution in [3.8, 4) is 0 Å². The molecule has 1 fully saturated rings. The van der Waals surface area contributed by atoms with Gasteiger partial charge in [0.05, 0.1) is 5.92 Å². The summed E-state index contributed by atoms with van der Waals surface area (Å²) in [4.78, 5) is 11.0. The second-order valence-corrected chi connectivity index (χ2v) is 7.20. The monoisotopic (exact) mass is 292 g/mol. The maximum absolute atomic E-state index is 12.4. The number of unbranched alkanes of at least 4 members (excludes halogenated alkanes) is 1. The first-order valence-electron chi connectivity index (χ1n) is 6.76. The Morgan fingerprint density at radius 3 is 2.58 bits per heavy atom. The smallest absolute Gasteiger partial charge is 0.307 e. The predicted molar refractivity (Wildman–Crippen MR) is 73.0 cm³/mol. The molecule has 0 aromatic carbocycles. The molecule has 0 aliphatic carbocycles. The fourth-order valence-electron chi connectivity index (χ4n) is 2.27. The third-order valence-electron chi connectivity index (χ3n) is 3.69. The molecular weight excluding hydrogens is 268 g/mol. The summed E-state index contributed by atoms with van der Waals surface area (Å²) in [6, 6.07) is -0.135. The first-order valence-corrected chi connectivity index (χ1v) is 8.16. The fraction of sp³-hybridized carbons (Fsp3) is 0.917. The third kappa shape index (κ3) is 3.90. The number of carboxylic acid groups (broad SMARTS) is 1. The fourth-order valence-corrected chi connectivity index (χ4v) is 3.92. The van der Waals surface area contributed by atoms with Crippen LogP contribution in [-0.2, 0) is 15.0 Å². The highest BCUT2D eigenvalue weighted by Crippen LogP contribution is 2.26. The second-order valence-electron chi connectivity index (χ2n) is 5.21. The van der Waals surface area contributed by atoms with Crippen LogP contribution in [0, 0.1) is 5.92 Å². The van der Waals surface area contributed by atoms with Crippen molar-refractivity contribution in [2.45, 2.75) is 45.6 Å². The number of hydrogen-bond acceptors (Lipinski definition) is 3. The first kappa shape index (κ1) is 16.4. The molecule has 0 amide bonds. The van der Waals surface area contributed by atoms with Crippen molar-refractivity contribution in [2.75, 3.05) is 20.1 Å². The predicted octanol–water partition coefficient (Wildman–Crippen LogP) is 1.15. The average molecular weight is 292 g/mol. The van der Waals surface area contributed by atoms with E-state index in [1.807, 2.05) is 13.8 Å². The molecule has 6 nitrogen and oxygen atoms in total. The van der Waals surface area contributed by atoms with Crippen molar-refractivity contribution in [2.24, 2.45) is 5.92 Å². The number of carboxylic acids is 1. The molecule has 1 aliphatic heterocycles. The summed E-state index contributed by atoms with van der Waals surface area (Å²) in [7, 11) is -1.99. The van der Waals surface area contributed by atoms with E-state index in [4.69, 9.17) is 5.11 Å². The molecule has 1 aliphatic rings. The zero-order chi connectivity index (χ0) is 14.6. The van der Waals surface area contributed by atoms with Gasteiger partial charge in [0.1, 0.15) is 0 Å². The van der Waals surface area contributed by atoms with E-state index < -0.39 is 22.1 Å². The van der Waals surface area contributed by atoms with Crippen LogP contribution in [-0.4, -0.2) is 54.3 Å². The van der Waals surface area contributed by atoms with E-state index >= 15 is 0 Å². The number of rotatable bonds is 6. The quantitative estimate of drug-likeness (QED) is 0.796. The van der Waals surface area contributed by atoms with Crippen LogP contribution in [0.4, 0.5) is 0 Å². The SMILES string of the molecule is CCCCN(C)S(=O)(=O)N1CC(C(=O)O)CCC1C. The van der Waals surface area contributed by atoms with Crippen LogP contribution in [0.15, 0.2) is 0 Å². The zero-order valence-electron chi connectivity index (χ0n) is 11.9. The van der Waals surface area contributed by atoms with Gasteiger partial charge < -0.3 is 5.11 Å². The molecule has 2 unspecified atom stereocenters. The molecule has 1 heterocycles. The maximum atomic E-state index is 12.4. The van der Waals surface area contributed by atoms with Gasteiger partial charge in [0, 0.05) is 26.2 Å². The summed E-state index contributed by atoms with van der Waals surface area (Å²) in [5.41, 5.74) is 0. The van der Waals surface area contributed by atoms with Crippen LogP contribution < -0.4 is 0 Å². The molecule has 0 spiro atoms. The molecule has 0 bridgehead atoms. The lowest BCUT2D eigenvalue weighted by atomic mass is 9.96. The number of hydrogen-bond donors (Lipinski definition) is 1. The number of nitrogens with zero attached hydrogens (tertiary/aromatic N) is 2. The summed E-state index contributed by atoms with van der Waals surface area (Å²) >= 11 is 0. The van der Waals surface area contributed by atoms with Crippen LogP contribution in [0.1, 0.15) is 39.5 Å². The average Bonchev–Trinajstić information content (AvgIpc) is 2.35. The molecule has 1 N–H and O–H groups in total. The summed E-state index contributed by atoms with van der Waals surface area (Å²) in [6.07, 6.45) is 2.87. The topological polar surface area (TPSA) is 77.9 Å². The van der Waals surface area contributed by atoms with Crippen molar-refractivity contribution in [1.29, 1.82) is 0 Å². The lowest BCUT2D eigenvalue weighted by molar-refractivity contribution is -0.143. The van der Waals surface area contributed by atoms with E-state index in [0.717, 1.165) is 12.8 Å². The van der Waals surface area contributed by atoms with Crippen LogP contribution >= 0.6 is 0 Å². The Balaban J connectivity index is 2.82. The van der Waals surface area contributed by atoms with Crippen LogP contribution in [0.25, 0.3) is 0 Å². The van der Waals surface area contributed by atoms with E-state index in [1.54, 1.807) is 7.05 Å². The lowest BCUT2D eigenvalue weighted by Crippen LogP contribution is -2.52. The molecule has 7 heteroatoms. The Labute approximate surface area is 115 Å². The maximum Gasteiger partial charge on any atom is 0.307 e. The summed E-state index contributed by atoms with van der Waals surface area (Å²) in [5, 5.41) is 9.05. The highest BCUT2D eigenvalue weighted by Gasteiger charge is 2.38. The lowest BCUT2D eigenvalue weighted by Gasteiger charge is -2.37. The van der Waals surface area contributed by atoms with Gasteiger partial charge in [-0.05, 0) is 26.2 Å². The number of carbonyl (C=O) groups is 1. The molecule has 0 saturated carbocycles. The van der Waals surface area contributed by atoms with Crippen molar-refractivity contribution in [1.82, 2.24) is 8.61 Å². The van der Waals surface area contributed by atoms with Gasteiger partial charge in [-0.3, -0.25) is 4.79 Å². The molecule has 0 aromatic heterocycles. The molecule has 19 heavy (non-hydrogen) atoms. The molecule has 0 radical (unpaired) electrons. The van der Waals surface area contributed by atoms with Gasteiger partial charge in [-0.15, -0.1) is 0 Å². The number of aliphatic carboxylic acids is 1. The standard InChI is InChI=1S/C12H24N2O4S/c1-4-5-8-13(3)19(17,18)14-9-11(12(15)16)7-6-10(14)2/h10-11H,4-9H2,1-3H3,(H,15,16). The highest BCUT2D eigenvalue weighted by atomic mass is 32.2.